The predicted octanol–water partition coefficient (Wildman–Crippen LogP) is 3.91. The van der Waals surface area contributed by atoms with Gasteiger partial charge in [0.2, 0.25) is 5.91 Å². The van der Waals surface area contributed by atoms with E-state index in [0.717, 1.165) is 23.1 Å². The number of nitrogens with one attached hydrogen (secondary N) is 1. The molecule has 1 fully saturated rings. The maximum atomic E-state index is 13.4. The number of carbonyl (C=O) groups is 2. The zero-order chi connectivity index (χ0) is 23.1. The van der Waals surface area contributed by atoms with Gasteiger partial charge in [-0.25, -0.2) is 0 Å². The van der Waals surface area contributed by atoms with Crippen molar-refractivity contribution in [3.63, 3.8) is 0 Å². The maximum Gasteiger partial charge on any atom is 0.255 e. The van der Waals surface area contributed by atoms with Crippen LogP contribution in [0.4, 0.5) is 0 Å². The van der Waals surface area contributed by atoms with Crippen LogP contribution in [0, 0.1) is 5.41 Å². The summed E-state index contributed by atoms with van der Waals surface area (Å²) >= 11 is 0. The molecule has 4 rings (SSSR count). The van der Waals surface area contributed by atoms with Gasteiger partial charge < -0.3 is 10.2 Å². The molecule has 1 aliphatic rings. The van der Waals surface area contributed by atoms with E-state index in [-0.39, 0.29) is 11.8 Å². The molecular formula is C27H28N4O2. The van der Waals surface area contributed by atoms with Crippen molar-refractivity contribution in [2.75, 3.05) is 19.6 Å². The Morgan fingerprint density at radius 2 is 1.91 bits per heavy atom. The molecule has 6 nitrogen and oxygen atoms in total. The SMILES string of the molecule is C=CCNC(=O)[C@]1(Cc2cccc(-c3ccncc3)c2)CCCN(C(=O)c2cccnc2)C1. The highest BCUT2D eigenvalue weighted by Gasteiger charge is 2.43. The number of piperidine rings is 1. The number of hydrogen-bond acceptors (Lipinski definition) is 4. The quantitative estimate of drug-likeness (QED) is 0.565. The molecule has 1 aromatic carbocycles. The van der Waals surface area contributed by atoms with Gasteiger partial charge in [0.05, 0.1) is 11.0 Å². The third-order valence-electron chi connectivity index (χ3n) is 6.14. The lowest BCUT2D eigenvalue weighted by atomic mass is 9.73. The molecule has 1 saturated heterocycles. The standard InChI is InChI=1S/C27H28N4O2/c1-2-12-30-26(33)27(11-5-16-31(20-27)25(32)24-8-4-13-29-19-24)18-21-6-3-7-23(17-21)22-9-14-28-15-10-22/h2-4,6-10,13-15,17,19H,1,5,11-12,16,18,20H2,(H,30,33)/t27-/m0/s1. The summed E-state index contributed by atoms with van der Waals surface area (Å²) in [6, 6.07) is 15.7. The summed E-state index contributed by atoms with van der Waals surface area (Å²) in [6.45, 7) is 5.11. The molecule has 0 saturated carbocycles. The van der Waals surface area contributed by atoms with Crippen molar-refractivity contribution in [1.82, 2.24) is 20.2 Å². The molecule has 6 heteroatoms. The van der Waals surface area contributed by atoms with Crippen LogP contribution in [-0.2, 0) is 11.2 Å². The molecular weight excluding hydrogens is 412 g/mol. The van der Waals surface area contributed by atoms with Gasteiger partial charge in [-0.3, -0.25) is 19.6 Å². The Balaban J connectivity index is 1.63. The third-order valence-corrected chi connectivity index (χ3v) is 6.14. The van der Waals surface area contributed by atoms with Crippen molar-refractivity contribution < 1.29 is 9.59 Å². The van der Waals surface area contributed by atoms with Gasteiger partial charge in [0.25, 0.3) is 5.91 Å². The van der Waals surface area contributed by atoms with E-state index in [4.69, 9.17) is 0 Å². The first-order valence-corrected chi connectivity index (χ1v) is 11.2. The van der Waals surface area contributed by atoms with E-state index >= 15 is 0 Å². The average Bonchev–Trinajstić information content (AvgIpc) is 2.88. The minimum Gasteiger partial charge on any atom is -0.352 e. The average molecular weight is 441 g/mol. The highest BCUT2D eigenvalue weighted by molar-refractivity contribution is 5.94. The molecule has 3 heterocycles. The fraction of sp³-hybridized carbons (Fsp3) is 0.259. The second-order valence-electron chi connectivity index (χ2n) is 8.46. The number of benzene rings is 1. The van der Waals surface area contributed by atoms with Gasteiger partial charge >= 0.3 is 0 Å². The lowest BCUT2D eigenvalue weighted by molar-refractivity contribution is -0.133. The molecule has 0 aliphatic carbocycles. The highest BCUT2D eigenvalue weighted by Crippen LogP contribution is 2.35. The van der Waals surface area contributed by atoms with E-state index in [2.05, 4.69) is 40.1 Å². The van der Waals surface area contributed by atoms with Crippen LogP contribution in [0.5, 0.6) is 0 Å². The van der Waals surface area contributed by atoms with Gasteiger partial charge in [0.1, 0.15) is 0 Å². The van der Waals surface area contributed by atoms with Crippen molar-refractivity contribution in [1.29, 1.82) is 0 Å². The molecule has 2 aromatic heterocycles. The topological polar surface area (TPSA) is 75.2 Å². The summed E-state index contributed by atoms with van der Waals surface area (Å²) in [6.07, 6.45) is 10.5. The molecule has 0 spiro atoms. The van der Waals surface area contributed by atoms with Crippen molar-refractivity contribution in [2.45, 2.75) is 19.3 Å². The number of carbonyl (C=O) groups excluding carboxylic acids is 2. The lowest BCUT2D eigenvalue weighted by Crippen LogP contribution is -2.54. The summed E-state index contributed by atoms with van der Waals surface area (Å²) in [4.78, 5) is 36.5. The maximum absolute atomic E-state index is 13.4. The number of hydrogen-bond donors (Lipinski definition) is 1. The van der Waals surface area contributed by atoms with Crippen LogP contribution in [0.15, 0.2) is 86.0 Å². The number of likely N-dealkylation sites (tertiary alicyclic amines) is 1. The van der Waals surface area contributed by atoms with E-state index in [0.29, 0.717) is 38.0 Å². The van der Waals surface area contributed by atoms with E-state index in [1.54, 1.807) is 47.9 Å². The zero-order valence-electron chi connectivity index (χ0n) is 18.6. The fourth-order valence-electron chi connectivity index (χ4n) is 4.54. The summed E-state index contributed by atoms with van der Waals surface area (Å²) in [5.41, 5.74) is 3.05. The number of amides is 2. The number of pyridine rings is 2. The highest BCUT2D eigenvalue weighted by atomic mass is 16.2. The summed E-state index contributed by atoms with van der Waals surface area (Å²) < 4.78 is 0. The van der Waals surface area contributed by atoms with Gasteiger partial charge in [-0.1, -0.05) is 30.3 Å². The molecule has 33 heavy (non-hydrogen) atoms. The molecule has 1 atom stereocenters. The van der Waals surface area contributed by atoms with Crippen LogP contribution in [-0.4, -0.2) is 46.3 Å². The summed E-state index contributed by atoms with van der Waals surface area (Å²) in [5, 5.41) is 2.99. The Kier molecular flexibility index (Phi) is 6.93. The third kappa shape index (κ3) is 5.17. The fourth-order valence-corrected chi connectivity index (χ4v) is 4.54. The Bertz CT molecular complexity index is 1120. The van der Waals surface area contributed by atoms with Crippen LogP contribution in [0.3, 0.4) is 0 Å². The lowest BCUT2D eigenvalue weighted by Gasteiger charge is -2.42. The predicted molar refractivity (Wildman–Crippen MR) is 128 cm³/mol. The van der Waals surface area contributed by atoms with Gasteiger partial charge in [0, 0.05) is 44.4 Å². The zero-order valence-corrected chi connectivity index (χ0v) is 18.6. The normalized spacial score (nSPS) is 17.9. The van der Waals surface area contributed by atoms with E-state index in [1.807, 2.05) is 18.2 Å². The first-order valence-electron chi connectivity index (χ1n) is 11.2. The Morgan fingerprint density at radius 1 is 1.06 bits per heavy atom. The number of rotatable bonds is 7. The second-order valence-corrected chi connectivity index (χ2v) is 8.46. The van der Waals surface area contributed by atoms with Crippen molar-refractivity contribution in [3.05, 3.63) is 97.1 Å². The largest absolute Gasteiger partial charge is 0.352 e. The molecule has 168 valence electrons. The van der Waals surface area contributed by atoms with Crippen LogP contribution in [0.25, 0.3) is 11.1 Å². The molecule has 1 aliphatic heterocycles. The van der Waals surface area contributed by atoms with Gasteiger partial charge in [0.15, 0.2) is 0 Å². The molecule has 1 N–H and O–H groups in total. The Hall–Kier alpha value is -3.80. The molecule has 2 amide bonds. The summed E-state index contributed by atoms with van der Waals surface area (Å²) in [7, 11) is 0. The van der Waals surface area contributed by atoms with E-state index in [1.165, 1.54) is 0 Å². The van der Waals surface area contributed by atoms with Crippen LogP contribution in [0.2, 0.25) is 0 Å². The molecule has 0 radical (unpaired) electrons. The minimum absolute atomic E-state index is 0.0413. The van der Waals surface area contributed by atoms with Gasteiger partial charge in [-0.05, 0) is 60.2 Å². The van der Waals surface area contributed by atoms with Gasteiger partial charge in [-0.15, -0.1) is 6.58 Å². The minimum atomic E-state index is -0.712. The number of nitrogens with zero attached hydrogens (tertiary/aromatic N) is 3. The van der Waals surface area contributed by atoms with Crippen LogP contribution in [0.1, 0.15) is 28.8 Å². The Morgan fingerprint density at radius 3 is 2.67 bits per heavy atom. The van der Waals surface area contributed by atoms with Gasteiger partial charge in [-0.2, -0.15) is 0 Å². The smallest absolute Gasteiger partial charge is 0.255 e. The summed E-state index contributed by atoms with van der Waals surface area (Å²) in [5.74, 6) is -0.130. The van der Waals surface area contributed by atoms with Crippen molar-refractivity contribution in [2.24, 2.45) is 5.41 Å². The monoisotopic (exact) mass is 440 g/mol. The molecule has 0 bridgehead atoms. The molecule has 0 unspecified atom stereocenters. The first-order chi connectivity index (χ1) is 16.1. The first kappa shape index (κ1) is 22.4. The Labute approximate surface area is 194 Å². The number of aromatic nitrogens is 2. The van der Waals surface area contributed by atoms with Crippen LogP contribution >= 0.6 is 0 Å². The van der Waals surface area contributed by atoms with Crippen LogP contribution < -0.4 is 5.32 Å². The molecule has 3 aromatic rings. The van der Waals surface area contributed by atoms with Crippen molar-refractivity contribution in [3.8, 4) is 11.1 Å². The van der Waals surface area contributed by atoms with E-state index in [9.17, 15) is 9.59 Å². The van der Waals surface area contributed by atoms with E-state index < -0.39 is 5.41 Å². The second kappa shape index (κ2) is 10.2. The van der Waals surface area contributed by atoms with Crippen molar-refractivity contribution >= 4 is 11.8 Å².